The lowest BCUT2D eigenvalue weighted by Crippen LogP contribution is -2.42. The van der Waals surface area contributed by atoms with E-state index in [0.717, 1.165) is 22.6 Å². The van der Waals surface area contributed by atoms with E-state index in [2.05, 4.69) is 17.0 Å². The van der Waals surface area contributed by atoms with Crippen LogP contribution >= 0.6 is 0 Å². The molecule has 1 aliphatic heterocycles. The van der Waals surface area contributed by atoms with Crippen LogP contribution in [-0.4, -0.2) is 78.6 Å². The first kappa shape index (κ1) is 28.6. The number of carbonyl (C=O) groups is 2. The molecule has 40 heavy (non-hydrogen) atoms. The summed E-state index contributed by atoms with van der Waals surface area (Å²) in [6.45, 7) is 5.04. The summed E-state index contributed by atoms with van der Waals surface area (Å²) in [7, 11) is 2.78. The Morgan fingerprint density at radius 2 is 1.25 bits per heavy atom. The lowest BCUT2D eigenvalue weighted by Gasteiger charge is -2.33. The summed E-state index contributed by atoms with van der Waals surface area (Å²) in [5.41, 5.74) is 3.70. The van der Waals surface area contributed by atoms with Crippen LogP contribution in [0.2, 0.25) is 0 Å². The van der Waals surface area contributed by atoms with Gasteiger partial charge in [0.2, 0.25) is 0 Å². The number of esters is 2. The van der Waals surface area contributed by atoms with Crippen molar-refractivity contribution in [3.63, 3.8) is 0 Å². The second kappa shape index (κ2) is 14.1. The molecule has 0 aromatic heterocycles. The number of aryl methyl sites for hydroxylation is 1. The topological polar surface area (TPSA) is 80.8 Å². The first-order chi connectivity index (χ1) is 19.5. The average Bonchev–Trinajstić information content (AvgIpc) is 2.98. The standard InChI is InChI=1S/C31H37N3O6/c1-24-13-14-27-29(21-24)40-20-19-39-28-12-8-7-11-26(28)33(22-30(35)37-2)17-15-32(25-9-5-4-6-10-25)16-18-34(27)23-31(36)38-3/h4-14,21H,15-20,22-23H2,1-3H3. The van der Waals surface area contributed by atoms with Crippen molar-refractivity contribution in [2.75, 3.05) is 81.4 Å². The minimum atomic E-state index is -0.336. The predicted octanol–water partition coefficient (Wildman–Crippen LogP) is 3.93. The summed E-state index contributed by atoms with van der Waals surface area (Å²) in [6.07, 6.45) is 0. The second-order valence-electron chi connectivity index (χ2n) is 9.45. The summed E-state index contributed by atoms with van der Waals surface area (Å²) in [4.78, 5) is 31.0. The second-order valence-corrected chi connectivity index (χ2v) is 9.45. The van der Waals surface area contributed by atoms with Gasteiger partial charge in [-0.05, 0) is 48.9 Å². The van der Waals surface area contributed by atoms with Gasteiger partial charge in [-0.1, -0.05) is 36.4 Å². The van der Waals surface area contributed by atoms with Gasteiger partial charge < -0.3 is 33.6 Å². The van der Waals surface area contributed by atoms with E-state index in [-0.39, 0.29) is 25.0 Å². The Kier molecular flexibility index (Phi) is 10.1. The maximum Gasteiger partial charge on any atom is 0.325 e. The number of ether oxygens (including phenoxy) is 4. The van der Waals surface area contributed by atoms with Crippen molar-refractivity contribution in [1.82, 2.24) is 0 Å². The molecule has 4 rings (SSSR count). The summed E-state index contributed by atoms with van der Waals surface area (Å²) in [5, 5.41) is 0. The molecular weight excluding hydrogens is 510 g/mol. The number of carbonyl (C=O) groups excluding carboxylic acids is 2. The average molecular weight is 548 g/mol. The number of rotatable bonds is 5. The molecule has 3 aromatic rings. The van der Waals surface area contributed by atoms with Crippen molar-refractivity contribution in [1.29, 1.82) is 0 Å². The van der Waals surface area contributed by atoms with Crippen molar-refractivity contribution < 1.29 is 28.5 Å². The zero-order valence-corrected chi connectivity index (χ0v) is 23.4. The highest BCUT2D eigenvalue weighted by molar-refractivity contribution is 5.78. The van der Waals surface area contributed by atoms with Crippen LogP contribution in [0.1, 0.15) is 5.56 Å². The van der Waals surface area contributed by atoms with E-state index in [4.69, 9.17) is 18.9 Å². The molecule has 0 bridgehead atoms. The molecule has 0 saturated carbocycles. The Bertz CT molecular complexity index is 1270. The maximum atomic E-state index is 12.4. The Morgan fingerprint density at radius 1 is 0.700 bits per heavy atom. The summed E-state index contributed by atoms with van der Waals surface area (Å²) in [6, 6.07) is 23.7. The van der Waals surface area contributed by atoms with Gasteiger partial charge in [0.05, 0.1) is 25.6 Å². The van der Waals surface area contributed by atoms with Gasteiger partial charge in [0.15, 0.2) is 0 Å². The fourth-order valence-electron chi connectivity index (χ4n) is 4.64. The van der Waals surface area contributed by atoms with Crippen LogP contribution in [0.15, 0.2) is 72.8 Å². The fraction of sp³-hybridized carbons (Fsp3) is 0.355. The number of anilines is 3. The highest BCUT2D eigenvalue weighted by Crippen LogP contribution is 2.31. The molecule has 0 saturated heterocycles. The minimum Gasteiger partial charge on any atom is -0.488 e. The summed E-state index contributed by atoms with van der Waals surface area (Å²) in [5.74, 6) is 0.665. The zero-order valence-electron chi connectivity index (χ0n) is 23.4. The first-order valence-corrected chi connectivity index (χ1v) is 13.4. The number of fused-ring (bicyclic) bond motifs is 2. The molecule has 0 spiro atoms. The molecule has 9 nitrogen and oxygen atoms in total. The van der Waals surface area contributed by atoms with Gasteiger partial charge in [-0.2, -0.15) is 0 Å². The summed E-state index contributed by atoms with van der Waals surface area (Å²) >= 11 is 0. The smallest absolute Gasteiger partial charge is 0.325 e. The molecule has 0 N–H and O–H groups in total. The van der Waals surface area contributed by atoms with Crippen LogP contribution < -0.4 is 24.2 Å². The number of hydrogen-bond acceptors (Lipinski definition) is 9. The van der Waals surface area contributed by atoms with Gasteiger partial charge in [0, 0.05) is 31.9 Å². The number of nitrogens with zero attached hydrogens (tertiary/aromatic N) is 3. The quantitative estimate of drug-likeness (QED) is 0.442. The minimum absolute atomic E-state index is 0.0783. The third-order valence-corrected chi connectivity index (χ3v) is 6.76. The van der Waals surface area contributed by atoms with Gasteiger partial charge in [0.1, 0.15) is 37.8 Å². The Morgan fingerprint density at radius 3 is 1.88 bits per heavy atom. The van der Waals surface area contributed by atoms with Crippen molar-refractivity contribution in [2.45, 2.75) is 6.92 Å². The lowest BCUT2D eigenvalue weighted by atomic mass is 10.2. The molecule has 0 amide bonds. The number of hydrogen-bond donors (Lipinski definition) is 0. The SMILES string of the molecule is COC(=O)CN1CCN(c2ccccc2)CCN(CC(=O)OC)c2ccc(C)cc2OCCOc2ccccc21. The molecule has 1 aliphatic rings. The van der Waals surface area contributed by atoms with Crippen molar-refractivity contribution in [3.05, 3.63) is 78.4 Å². The van der Waals surface area contributed by atoms with E-state index in [1.54, 1.807) is 0 Å². The van der Waals surface area contributed by atoms with Gasteiger partial charge in [-0.25, -0.2) is 0 Å². The molecule has 0 aliphatic carbocycles. The van der Waals surface area contributed by atoms with E-state index in [1.807, 2.05) is 77.4 Å². The fourth-order valence-corrected chi connectivity index (χ4v) is 4.64. The molecule has 9 heteroatoms. The van der Waals surface area contributed by atoms with E-state index in [0.29, 0.717) is 50.9 Å². The van der Waals surface area contributed by atoms with Crippen LogP contribution in [0.25, 0.3) is 0 Å². The highest BCUT2D eigenvalue weighted by Gasteiger charge is 2.21. The number of benzene rings is 3. The van der Waals surface area contributed by atoms with Crippen molar-refractivity contribution in [2.24, 2.45) is 0 Å². The van der Waals surface area contributed by atoms with E-state index < -0.39 is 0 Å². The molecular formula is C31H37N3O6. The van der Waals surface area contributed by atoms with E-state index in [9.17, 15) is 9.59 Å². The van der Waals surface area contributed by atoms with E-state index in [1.165, 1.54) is 14.2 Å². The van der Waals surface area contributed by atoms with Crippen molar-refractivity contribution >= 4 is 29.0 Å². The number of methoxy groups -OCH3 is 2. The molecule has 0 fully saturated rings. The third-order valence-electron chi connectivity index (χ3n) is 6.76. The monoisotopic (exact) mass is 547 g/mol. The molecule has 3 aromatic carbocycles. The first-order valence-electron chi connectivity index (χ1n) is 13.4. The Hall–Kier alpha value is -4.40. The van der Waals surface area contributed by atoms with Gasteiger partial charge in [-0.3, -0.25) is 9.59 Å². The van der Waals surface area contributed by atoms with Gasteiger partial charge in [-0.15, -0.1) is 0 Å². The van der Waals surface area contributed by atoms with Crippen molar-refractivity contribution in [3.8, 4) is 11.5 Å². The third kappa shape index (κ3) is 7.59. The lowest BCUT2D eigenvalue weighted by molar-refractivity contribution is -0.139. The highest BCUT2D eigenvalue weighted by atomic mass is 16.5. The predicted molar refractivity (Wildman–Crippen MR) is 156 cm³/mol. The Labute approximate surface area is 235 Å². The van der Waals surface area contributed by atoms with Crippen LogP contribution in [0.5, 0.6) is 11.5 Å². The van der Waals surface area contributed by atoms with Crippen LogP contribution in [0.4, 0.5) is 17.1 Å². The molecule has 0 unspecified atom stereocenters. The normalized spacial score (nSPS) is 14.4. The molecule has 212 valence electrons. The van der Waals surface area contributed by atoms with Gasteiger partial charge >= 0.3 is 11.9 Å². The Balaban J connectivity index is 1.72. The van der Waals surface area contributed by atoms with Gasteiger partial charge in [0.25, 0.3) is 0 Å². The molecule has 0 radical (unpaired) electrons. The summed E-state index contributed by atoms with van der Waals surface area (Å²) < 4.78 is 22.4. The molecule has 1 heterocycles. The number of para-hydroxylation sites is 3. The molecule has 0 atom stereocenters. The van der Waals surface area contributed by atoms with E-state index >= 15 is 0 Å². The van der Waals surface area contributed by atoms with Crippen LogP contribution in [-0.2, 0) is 19.1 Å². The van der Waals surface area contributed by atoms with Crippen LogP contribution in [0.3, 0.4) is 0 Å². The maximum absolute atomic E-state index is 12.4. The zero-order chi connectivity index (χ0) is 28.3. The van der Waals surface area contributed by atoms with Crippen LogP contribution in [0, 0.1) is 6.92 Å². The largest absolute Gasteiger partial charge is 0.488 e.